The molecule has 1 N–H and O–H groups in total. The van der Waals surface area contributed by atoms with E-state index in [-0.39, 0.29) is 0 Å². The normalized spacial score (nSPS) is 27.7. The van der Waals surface area contributed by atoms with E-state index in [4.69, 9.17) is 4.74 Å². The van der Waals surface area contributed by atoms with Gasteiger partial charge < -0.3 is 9.84 Å². The number of nitrogens with zero attached hydrogens (tertiary/aromatic N) is 1. The maximum Gasteiger partial charge on any atom is 0.332 e. The summed E-state index contributed by atoms with van der Waals surface area (Å²) in [5.74, 6) is -2.29. The highest BCUT2D eigenvalue weighted by Crippen LogP contribution is 2.35. The Labute approximate surface area is 112 Å². The van der Waals surface area contributed by atoms with Crippen LogP contribution in [0.4, 0.5) is 0 Å². The molecule has 2 bridgehead atoms. The first-order chi connectivity index (χ1) is 9.09. The minimum atomic E-state index is -1.24. The number of carbonyl (C=O) groups excluding carboxylic acids is 2. The van der Waals surface area contributed by atoms with Gasteiger partial charge in [0.05, 0.1) is 0 Å². The van der Waals surface area contributed by atoms with Crippen LogP contribution in [0.25, 0.3) is 0 Å². The molecule has 0 radical (unpaired) electrons. The number of hydrogen-bond acceptors (Lipinski definition) is 5. The predicted molar refractivity (Wildman–Crippen MR) is 64.4 cm³/mol. The number of carboxylic acid groups (broad SMARTS) is 1. The number of carboxylic acids is 1. The predicted octanol–water partition coefficient (Wildman–Crippen LogP) is 0.790. The van der Waals surface area contributed by atoms with Crippen LogP contribution in [0.15, 0.2) is 17.5 Å². The van der Waals surface area contributed by atoms with Crippen molar-refractivity contribution in [2.24, 2.45) is 0 Å². The van der Waals surface area contributed by atoms with Gasteiger partial charge in [-0.05, 0) is 24.3 Å². The number of thiophene rings is 1. The van der Waals surface area contributed by atoms with Crippen molar-refractivity contribution < 1.29 is 24.2 Å². The van der Waals surface area contributed by atoms with Gasteiger partial charge in [0.15, 0.2) is 6.04 Å². The van der Waals surface area contributed by atoms with Crippen molar-refractivity contribution in [2.75, 3.05) is 0 Å². The van der Waals surface area contributed by atoms with Crippen molar-refractivity contribution in [3.8, 4) is 0 Å². The van der Waals surface area contributed by atoms with Crippen LogP contribution in [-0.2, 0) is 19.1 Å². The SMILES string of the molecule is O=C(O)C(c1cccs1)N1C(=O)C2CCC(O2)C1=O. The molecule has 0 saturated carbocycles. The third-order valence-corrected chi connectivity index (χ3v) is 4.27. The second-order valence-electron chi connectivity index (χ2n) is 4.49. The van der Waals surface area contributed by atoms with Crippen LogP contribution >= 0.6 is 11.3 Å². The topological polar surface area (TPSA) is 83.9 Å². The average Bonchev–Trinajstić information content (AvgIpc) is 3.01. The van der Waals surface area contributed by atoms with Gasteiger partial charge in [-0.1, -0.05) is 6.07 Å². The second kappa shape index (κ2) is 4.43. The van der Waals surface area contributed by atoms with Crippen LogP contribution in [-0.4, -0.2) is 40.0 Å². The van der Waals surface area contributed by atoms with Gasteiger partial charge in [-0.2, -0.15) is 0 Å². The number of hydrogen-bond donors (Lipinski definition) is 1. The van der Waals surface area contributed by atoms with Crippen molar-refractivity contribution >= 4 is 29.1 Å². The van der Waals surface area contributed by atoms with Gasteiger partial charge in [0, 0.05) is 4.88 Å². The van der Waals surface area contributed by atoms with E-state index in [1.807, 2.05) is 0 Å². The lowest BCUT2D eigenvalue weighted by molar-refractivity contribution is -0.176. The summed E-state index contributed by atoms with van der Waals surface area (Å²) in [5, 5.41) is 11.1. The first kappa shape index (κ1) is 12.3. The van der Waals surface area contributed by atoms with Gasteiger partial charge in [0.2, 0.25) is 0 Å². The van der Waals surface area contributed by atoms with E-state index in [1.54, 1.807) is 17.5 Å². The fourth-order valence-corrected chi connectivity index (χ4v) is 3.29. The molecule has 3 unspecified atom stereocenters. The Bertz CT molecular complexity index is 518. The number of morpholine rings is 1. The zero-order valence-corrected chi connectivity index (χ0v) is 10.6. The number of amides is 2. The van der Waals surface area contributed by atoms with E-state index < -0.39 is 36.0 Å². The van der Waals surface area contributed by atoms with Crippen LogP contribution in [0, 0.1) is 0 Å². The lowest BCUT2D eigenvalue weighted by Crippen LogP contribution is -2.54. The van der Waals surface area contributed by atoms with Crippen LogP contribution in [0.2, 0.25) is 0 Å². The number of ether oxygens (including phenoxy) is 1. The highest BCUT2D eigenvalue weighted by molar-refractivity contribution is 7.10. The monoisotopic (exact) mass is 281 g/mol. The van der Waals surface area contributed by atoms with E-state index in [9.17, 15) is 19.5 Å². The lowest BCUT2D eigenvalue weighted by atomic mass is 10.1. The number of imide groups is 1. The summed E-state index contributed by atoms with van der Waals surface area (Å²) < 4.78 is 5.27. The molecule has 19 heavy (non-hydrogen) atoms. The Balaban J connectivity index is 2.00. The highest BCUT2D eigenvalue weighted by atomic mass is 32.1. The molecule has 3 rings (SSSR count). The number of fused-ring (bicyclic) bond motifs is 2. The first-order valence-electron chi connectivity index (χ1n) is 5.88. The van der Waals surface area contributed by atoms with Gasteiger partial charge in [0.25, 0.3) is 11.8 Å². The van der Waals surface area contributed by atoms with E-state index >= 15 is 0 Å². The van der Waals surface area contributed by atoms with Gasteiger partial charge in [-0.25, -0.2) is 4.79 Å². The largest absolute Gasteiger partial charge is 0.479 e. The highest BCUT2D eigenvalue weighted by Gasteiger charge is 2.51. The summed E-state index contributed by atoms with van der Waals surface area (Å²) >= 11 is 1.21. The van der Waals surface area contributed by atoms with Gasteiger partial charge in [0.1, 0.15) is 12.2 Å². The average molecular weight is 281 g/mol. The molecule has 1 aromatic heterocycles. The van der Waals surface area contributed by atoms with E-state index in [1.165, 1.54) is 11.3 Å². The zero-order valence-electron chi connectivity index (χ0n) is 9.81. The molecule has 0 aromatic carbocycles. The lowest BCUT2D eigenvalue weighted by Gasteiger charge is -2.33. The van der Waals surface area contributed by atoms with Crippen molar-refractivity contribution in [2.45, 2.75) is 31.1 Å². The molecule has 0 spiro atoms. The van der Waals surface area contributed by atoms with Gasteiger partial charge in [-0.3, -0.25) is 14.5 Å². The summed E-state index contributed by atoms with van der Waals surface area (Å²) in [6.45, 7) is 0. The number of rotatable bonds is 3. The maximum absolute atomic E-state index is 12.2. The Kier molecular flexibility index (Phi) is 2.87. The molecule has 2 aliphatic rings. The maximum atomic E-state index is 12.2. The van der Waals surface area contributed by atoms with Crippen LogP contribution in [0.1, 0.15) is 23.8 Å². The van der Waals surface area contributed by atoms with Gasteiger partial charge in [-0.15, -0.1) is 11.3 Å². The smallest absolute Gasteiger partial charge is 0.332 e. The molecule has 100 valence electrons. The zero-order chi connectivity index (χ0) is 13.6. The molecule has 2 aliphatic heterocycles. The molecule has 2 fully saturated rings. The van der Waals surface area contributed by atoms with Crippen molar-refractivity contribution in [1.82, 2.24) is 4.90 Å². The Morgan fingerprint density at radius 1 is 1.37 bits per heavy atom. The van der Waals surface area contributed by atoms with Crippen LogP contribution < -0.4 is 0 Å². The first-order valence-corrected chi connectivity index (χ1v) is 6.76. The minimum Gasteiger partial charge on any atom is -0.479 e. The number of carbonyl (C=O) groups is 3. The summed E-state index contributed by atoms with van der Waals surface area (Å²) in [6, 6.07) is 2.06. The third-order valence-electron chi connectivity index (χ3n) is 3.35. The molecule has 2 amide bonds. The molecule has 3 atom stereocenters. The van der Waals surface area contributed by atoms with Crippen LogP contribution in [0.3, 0.4) is 0 Å². The summed E-state index contributed by atoms with van der Waals surface area (Å²) in [6.07, 6.45) is -0.403. The summed E-state index contributed by atoms with van der Waals surface area (Å²) in [7, 11) is 0. The molecular weight excluding hydrogens is 270 g/mol. The molecule has 7 heteroatoms. The molecule has 1 aromatic rings. The quantitative estimate of drug-likeness (QED) is 0.828. The number of aliphatic carboxylic acids is 1. The molecule has 3 heterocycles. The minimum absolute atomic E-state index is 0.468. The fourth-order valence-electron chi connectivity index (χ4n) is 2.48. The Morgan fingerprint density at radius 3 is 2.47 bits per heavy atom. The van der Waals surface area contributed by atoms with E-state index in [2.05, 4.69) is 0 Å². The fraction of sp³-hybridized carbons (Fsp3) is 0.417. The standard InChI is InChI=1S/C12H11NO5S/c14-10-6-3-4-7(18-6)11(15)13(10)9(12(16)17)8-2-1-5-19-8/h1-2,5-7,9H,3-4H2,(H,16,17). The van der Waals surface area contributed by atoms with E-state index in [0.29, 0.717) is 17.7 Å². The Morgan fingerprint density at radius 2 is 2.00 bits per heavy atom. The number of likely N-dealkylation sites (tertiary alicyclic amines) is 1. The summed E-state index contributed by atoms with van der Waals surface area (Å²) in [5.41, 5.74) is 0. The molecule has 2 saturated heterocycles. The van der Waals surface area contributed by atoms with E-state index in [0.717, 1.165) is 4.90 Å². The Hall–Kier alpha value is -1.73. The molecular formula is C12H11NO5S. The van der Waals surface area contributed by atoms with Gasteiger partial charge >= 0.3 is 5.97 Å². The van der Waals surface area contributed by atoms with Crippen molar-refractivity contribution in [3.63, 3.8) is 0 Å². The van der Waals surface area contributed by atoms with Crippen LogP contribution in [0.5, 0.6) is 0 Å². The van der Waals surface area contributed by atoms with Crippen molar-refractivity contribution in [1.29, 1.82) is 0 Å². The third kappa shape index (κ3) is 1.85. The molecule has 6 nitrogen and oxygen atoms in total. The van der Waals surface area contributed by atoms with Crippen molar-refractivity contribution in [3.05, 3.63) is 22.4 Å². The summed E-state index contributed by atoms with van der Waals surface area (Å²) in [4.78, 5) is 37.1. The molecule has 0 aliphatic carbocycles. The second-order valence-corrected chi connectivity index (χ2v) is 5.47.